The summed E-state index contributed by atoms with van der Waals surface area (Å²) < 4.78 is 0. The Bertz CT molecular complexity index is 429. The van der Waals surface area contributed by atoms with Crippen molar-refractivity contribution in [3.05, 3.63) is 18.0 Å². The number of rotatable bonds is 5. The molecule has 1 aromatic heterocycles. The zero-order valence-electron chi connectivity index (χ0n) is 11.6. The molecule has 1 aliphatic carbocycles. The van der Waals surface area contributed by atoms with Crippen LogP contribution >= 0.6 is 0 Å². The highest BCUT2D eigenvalue weighted by atomic mass is 16.1. The van der Waals surface area contributed by atoms with E-state index in [1.165, 1.54) is 12.8 Å². The van der Waals surface area contributed by atoms with Gasteiger partial charge in [0.1, 0.15) is 5.69 Å². The monoisotopic (exact) mass is 262 g/mol. The van der Waals surface area contributed by atoms with Gasteiger partial charge in [-0.15, -0.1) is 0 Å². The van der Waals surface area contributed by atoms with Gasteiger partial charge >= 0.3 is 0 Å². The molecule has 0 aromatic carbocycles. The molecule has 1 heterocycles. The first kappa shape index (κ1) is 13.8. The third kappa shape index (κ3) is 3.91. The van der Waals surface area contributed by atoms with Gasteiger partial charge in [0.2, 0.25) is 5.95 Å². The summed E-state index contributed by atoms with van der Waals surface area (Å²) >= 11 is 0. The van der Waals surface area contributed by atoms with Gasteiger partial charge in [0.25, 0.3) is 5.91 Å². The Morgan fingerprint density at radius 3 is 2.89 bits per heavy atom. The minimum Gasteiger partial charge on any atom is -0.351 e. The fraction of sp³-hybridized carbons (Fsp3) is 0.643. The molecule has 1 atom stereocenters. The Morgan fingerprint density at radius 2 is 2.21 bits per heavy atom. The second-order valence-corrected chi connectivity index (χ2v) is 5.17. The molecule has 104 valence electrons. The molecule has 1 saturated carbocycles. The number of carbonyl (C=O) groups is 1. The average molecular weight is 262 g/mol. The van der Waals surface area contributed by atoms with Crippen LogP contribution in [0.4, 0.5) is 5.95 Å². The molecule has 0 spiro atoms. The summed E-state index contributed by atoms with van der Waals surface area (Å²) in [6.07, 6.45) is 7.37. The number of nitrogens with one attached hydrogen (secondary N) is 2. The number of hydrogen-bond donors (Lipinski definition) is 2. The molecule has 0 aliphatic heterocycles. The van der Waals surface area contributed by atoms with E-state index >= 15 is 0 Å². The Hall–Kier alpha value is -1.65. The van der Waals surface area contributed by atoms with Gasteiger partial charge in [-0.1, -0.05) is 19.8 Å². The highest BCUT2D eigenvalue weighted by Crippen LogP contribution is 2.20. The molecule has 1 unspecified atom stereocenters. The molecule has 0 bridgehead atoms. The first-order chi connectivity index (χ1) is 9.19. The van der Waals surface area contributed by atoms with Gasteiger partial charge in [-0.25, -0.2) is 9.97 Å². The van der Waals surface area contributed by atoms with Gasteiger partial charge in [-0.2, -0.15) is 0 Å². The molecule has 5 heteroatoms. The van der Waals surface area contributed by atoms with Gasteiger partial charge in [0, 0.05) is 18.3 Å². The fourth-order valence-electron chi connectivity index (χ4n) is 2.21. The minimum absolute atomic E-state index is 0.133. The Labute approximate surface area is 114 Å². The molecular weight excluding hydrogens is 240 g/mol. The lowest BCUT2D eigenvalue weighted by molar-refractivity contribution is 0.0934. The summed E-state index contributed by atoms with van der Waals surface area (Å²) in [5.41, 5.74) is 0.427. The van der Waals surface area contributed by atoms with Crippen molar-refractivity contribution in [3.8, 4) is 0 Å². The van der Waals surface area contributed by atoms with Crippen molar-refractivity contribution in [2.45, 2.75) is 58.0 Å². The lowest BCUT2D eigenvalue weighted by Crippen LogP contribution is -2.32. The second-order valence-electron chi connectivity index (χ2n) is 5.17. The number of hydrogen-bond acceptors (Lipinski definition) is 4. The van der Waals surface area contributed by atoms with E-state index in [1.807, 2.05) is 13.8 Å². The molecule has 19 heavy (non-hydrogen) atoms. The van der Waals surface area contributed by atoms with Crippen LogP contribution in [0.15, 0.2) is 12.3 Å². The zero-order valence-corrected chi connectivity index (χ0v) is 11.6. The number of nitrogens with zero attached hydrogens (tertiary/aromatic N) is 2. The van der Waals surface area contributed by atoms with Crippen LogP contribution in [0.25, 0.3) is 0 Å². The van der Waals surface area contributed by atoms with Crippen LogP contribution in [-0.2, 0) is 0 Å². The van der Waals surface area contributed by atoms with Crippen molar-refractivity contribution in [2.75, 3.05) is 5.32 Å². The average Bonchev–Trinajstić information content (AvgIpc) is 2.91. The van der Waals surface area contributed by atoms with E-state index in [2.05, 4.69) is 20.6 Å². The van der Waals surface area contributed by atoms with E-state index in [1.54, 1.807) is 12.3 Å². The predicted molar refractivity (Wildman–Crippen MR) is 75.1 cm³/mol. The summed E-state index contributed by atoms with van der Waals surface area (Å²) in [5, 5.41) is 6.21. The molecule has 1 fully saturated rings. The van der Waals surface area contributed by atoms with Crippen LogP contribution in [0, 0.1) is 0 Å². The van der Waals surface area contributed by atoms with E-state index in [4.69, 9.17) is 0 Å². The molecule has 2 rings (SSSR count). The van der Waals surface area contributed by atoms with Crippen molar-refractivity contribution >= 4 is 11.9 Å². The maximum Gasteiger partial charge on any atom is 0.270 e. The van der Waals surface area contributed by atoms with Crippen molar-refractivity contribution in [1.82, 2.24) is 15.3 Å². The molecule has 5 nitrogen and oxygen atoms in total. The van der Waals surface area contributed by atoms with Crippen molar-refractivity contribution in [2.24, 2.45) is 0 Å². The summed E-state index contributed by atoms with van der Waals surface area (Å²) in [7, 11) is 0. The van der Waals surface area contributed by atoms with Crippen LogP contribution in [0.3, 0.4) is 0 Å². The van der Waals surface area contributed by atoms with Crippen molar-refractivity contribution < 1.29 is 4.79 Å². The number of amides is 1. The van der Waals surface area contributed by atoms with Gasteiger partial charge < -0.3 is 10.6 Å². The van der Waals surface area contributed by atoms with Gasteiger partial charge in [-0.05, 0) is 32.3 Å². The largest absolute Gasteiger partial charge is 0.351 e. The fourth-order valence-corrected chi connectivity index (χ4v) is 2.21. The maximum atomic E-state index is 12.0. The third-order valence-electron chi connectivity index (χ3n) is 3.57. The highest BCUT2D eigenvalue weighted by Gasteiger charge is 2.16. The molecule has 1 aliphatic rings. The number of anilines is 1. The van der Waals surface area contributed by atoms with Gasteiger partial charge in [-0.3, -0.25) is 4.79 Å². The summed E-state index contributed by atoms with van der Waals surface area (Å²) in [6, 6.07) is 2.26. The summed E-state index contributed by atoms with van der Waals surface area (Å²) in [6.45, 7) is 4.02. The Kier molecular flexibility index (Phi) is 4.71. The molecule has 0 radical (unpaired) electrons. The molecule has 1 amide bonds. The lowest BCUT2D eigenvalue weighted by atomic mass is 10.2. The zero-order chi connectivity index (χ0) is 13.7. The first-order valence-corrected chi connectivity index (χ1v) is 7.09. The standard InChI is InChI=1S/C14H22N4O/c1-3-10(2)16-13(19)12-8-9-15-14(18-12)17-11-6-4-5-7-11/h8-11H,3-7H2,1-2H3,(H,16,19)(H,15,17,18). The van der Waals surface area contributed by atoms with Crippen LogP contribution in [0.2, 0.25) is 0 Å². The van der Waals surface area contributed by atoms with Crippen molar-refractivity contribution in [1.29, 1.82) is 0 Å². The Balaban J connectivity index is 1.99. The van der Waals surface area contributed by atoms with Crippen LogP contribution in [0.5, 0.6) is 0 Å². The molecule has 0 saturated heterocycles. The van der Waals surface area contributed by atoms with E-state index in [9.17, 15) is 4.79 Å². The number of carbonyl (C=O) groups excluding carboxylic acids is 1. The lowest BCUT2D eigenvalue weighted by Gasteiger charge is -2.13. The SMILES string of the molecule is CCC(C)NC(=O)c1ccnc(NC2CCCC2)n1. The van der Waals surface area contributed by atoms with E-state index in [-0.39, 0.29) is 11.9 Å². The quantitative estimate of drug-likeness (QED) is 0.855. The molecule has 1 aromatic rings. The third-order valence-corrected chi connectivity index (χ3v) is 3.57. The van der Waals surface area contributed by atoms with Crippen LogP contribution in [-0.4, -0.2) is 28.0 Å². The van der Waals surface area contributed by atoms with Crippen LogP contribution < -0.4 is 10.6 Å². The van der Waals surface area contributed by atoms with Crippen molar-refractivity contribution in [3.63, 3.8) is 0 Å². The topological polar surface area (TPSA) is 66.9 Å². The second kappa shape index (κ2) is 6.50. The minimum atomic E-state index is -0.133. The maximum absolute atomic E-state index is 12.0. The smallest absolute Gasteiger partial charge is 0.270 e. The summed E-state index contributed by atoms with van der Waals surface area (Å²) in [5.74, 6) is 0.426. The van der Waals surface area contributed by atoms with E-state index in [0.29, 0.717) is 17.7 Å². The van der Waals surface area contributed by atoms with Crippen LogP contribution in [0.1, 0.15) is 56.4 Å². The normalized spacial score (nSPS) is 17.2. The molecular formula is C14H22N4O. The first-order valence-electron chi connectivity index (χ1n) is 7.09. The highest BCUT2D eigenvalue weighted by molar-refractivity contribution is 5.92. The molecule has 2 N–H and O–H groups in total. The van der Waals surface area contributed by atoms with E-state index in [0.717, 1.165) is 19.3 Å². The summed E-state index contributed by atoms with van der Waals surface area (Å²) in [4.78, 5) is 20.4. The Morgan fingerprint density at radius 1 is 1.47 bits per heavy atom. The number of aromatic nitrogens is 2. The van der Waals surface area contributed by atoms with E-state index < -0.39 is 0 Å². The van der Waals surface area contributed by atoms with Gasteiger partial charge in [0.15, 0.2) is 0 Å². The van der Waals surface area contributed by atoms with Gasteiger partial charge in [0.05, 0.1) is 0 Å². The predicted octanol–water partition coefficient (Wildman–Crippen LogP) is 2.36.